The van der Waals surface area contributed by atoms with Crippen molar-refractivity contribution in [3.05, 3.63) is 58.7 Å². The first kappa shape index (κ1) is 20.4. The molecule has 2 nitrogen and oxygen atoms in total. The van der Waals surface area contributed by atoms with E-state index in [0.717, 1.165) is 62.5 Å². The lowest BCUT2D eigenvalue weighted by atomic mass is 9.85. The van der Waals surface area contributed by atoms with Crippen molar-refractivity contribution in [3.63, 3.8) is 0 Å². The number of phenols is 2. The molecule has 0 amide bonds. The molecule has 0 heterocycles. The fourth-order valence-electron chi connectivity index (χ4n) is 3.59. The van der Waals surface area contributed by atoms with Crippen LogP contribution in [0.15, 0.2) is 36.4 Å². The van der Waals surface area contributed by atoms with Crippen molar-refractivity contribution in [1.29, 1.82) is 0 Å². The lowest BCUT2D eigenvalue weighted by molar-refractivity contribution is 0.466. The van der Waals surface area contributed by atoms with E-state index in [1.807, 2.05) is 12.1 Å². The van der Waals surface area contributed by atoms with Crippen molar-refractivity contribution in [2.75, 3.05) is 0 Å². The van der Waals surface area contributed by atoms with Gasteiger partial charge < -0.3 is 10.2 Å². The van der Waals surface area contributed by atoms with Crippen LogP contribution in [0.5, 0.6) is 11.5 Å². The summed E-state index contributed by atoms with van der Waals surface area (Å²) in [6.07, 6.45) is 8.45. The molecule has 0 saturated heterocycles. The highest BCUT2D eigenvalue weighted by molar-refractivity contribution is 5.44. The van der Waals surface area contributed by atoms with Gasteiger partial charge in [0.1, 0.15) is 11.5 Å². The average molecular weight is 355 g/mol. The largest absolute Gasteiger partial charge is 0.508 e. The molecular weight excluding hydrogens is 320 g/mol. The number of phenolic OH excluding ortho intramolecular Hbond substituents is 2. The lowest BCUT2D eigenvalue weighted by Crippen LogP contribution is -2.03. The van der Waals surface area contributed by atoms with Crippen LogP contribution in [0.25, 0.3) is 0 Å². The molecular formula is C24H34O2. The molecule has 0 atom stereocenters. The summed E-state index contributed by atoms with van der Waals surface area (Å²) < 4.78 is 0. The number of unbranched alkanes of at least 4 members (excludes halogenated alkanes) is 2. The monoisotopic (exact) mass is 354 g/mol. The van der Waals surface area contributed by atoms with Crippen molar-refractivity contribution in [3.8, 4) is 11.5 Å². The zero-order valence-electron chi connectivity index (χ0n) is 16.6. The first-order valence-electron chi connectivity index (χ1n) is 10.2. The zero-order chi connectivity index (χ0) is 18.9. The standard InChI is InChI=1S/C24H34O2/c1-4-7-10-20-16-18(12-14-23(20)25)22(9-6-3)19-13-15-24(26)21(17-19)11-8-5-2/h12-17,22,25-26H,4-11H2,1-3H3. The van der Waals surface area contributed by atoms with Crippen molar-refractivity contribution in [2.24, 2.45) is 0 Å². The molecule has 0 saturated carbocycles. The third-order valence-corrected chi connectivity index (χ3v) is 5.19. The second-order valence-corrected chi connectivity index (χ2v) is 7.32. The highest BCUT2D eigenvalue weighted by atomic mass is 16.3. The van der Waals surface area contributed by atoms with E-state index in [1.54, 1.807) is 0 Å². The molecule has 26 heavy (non-hydrogen) atoms. The van der Waals surface area contributed by atoms with Gasteiger partial charge in [-0.1, -0.05) is 64.3 Å². The van der Waals surface area contributed by atoms with Gasteiger partial charge in [-0.15, -0.1) is 0 Å². The Morgan fingerprint density at radius 3 is 1.54 bits per heavy atom. The van der Waals surface area contributed by atoms with Crippen LogP contribution in [0.3, 0.4) is 0 Å². The first-order chi connectivity index (χ1) is 12.6. The van der Waals surface area contributed by atoms with Gasteiger partial charge in [0.15, 0.2) is 0 Å². The molecule has 2 aromatic rings. The smallest absolute Gasteiger partial charge is 0.118 e. The molecule has 0 radical (unpaired) electrons. The van der Waals surface area contributed by atoms with E-state index < -0.39 is 0 Å². The van der Waals surface area contributed by atoms with Crippen LogP contribution >= 0.6 is 0 Å². The number of aromatic hydroxyl groups is 2. The van der Waals surface area contributed by atoms with Gasteiger partial charge in [-0.05, 0) is 66.5 Å². The summed E-state index contributed by atoms with van der Waals surface area (Å²) in [5.74, 6) is 1.13. The molecule has 142 valence electrons. The maximum Gasteiger partial charge on any atom is 0.118 e. The van der Waals surface area contributed by atoms with Crippen LogP contribution < -0.4 is 0 Å². The van der Waals surface area contributed by atoms with Gasteiger partial charge in [-0.25, -0.2) is 0 Å². The van der Waals surface area contributed by atoms with Gasteiger partial charge in [0.05, 0.1) is 0 Å². The molecule has 0 bridgehead atoms. The minimum Gasteiger partial charge on any atom is -0.508 e. The van der Waals surface area contributed by atoms with Crippen LogP contribution in [-0.4, -0.2) is 10.2 Å². The van der Waals surface area contributed by atoms with Crippen molar-refractivity contribution < 1.29 is 10.2 Å². The molecule has 0 spiro atoms. The molecule has 0 aliphatic carbocycles. The molecule has 0 aliphatic heterocycles. The summed E-state index contributed by atoms with van der Waals surface area (Å²) in [6.45, 7) is 6.56. The van der Waals surface area contributed by atoms with Crippen LogP contribution in [0.4, 0.5) is 0 Å². The summed E-state index contributed by atoms with van der Waals surface area (Å²) in [7, 11) is 0. The van der Waals surface area contributed by atoms with E-state index in [1.165, 1.54) is 11.1 Å². The zero-order valence-corrected chi connectivity index (χ0v) is 16.6. The Kier molecular flexibility index (Phi) is 8.03. The quantitative estimate of drug-likeness (QED) is 0.497. The molecule has 2 N–H and O–H groups in total. The Balaban J connectivity index is 2.36. The van der Waals surface area contributed by atoms with Gasteiger partial charge in [-0.2, -0.15) is 0 Å². The van der Waals surface area contributed by atoms with E-state index in [0.29, 0.717) is 17.4 Å². The summed E-state index contributed by atoms with van der Waals surface area (Å²) in [5.41, 5.74) is 4.64. The number of hydrogen-bond donors (Lipinski definition) is 2. The third kappa shape index (κ3) is 5.27. The second kappa shape index (κ2) is 10.3. The lowest BCUT2D eigenvalue weighted by Gasteiger charge is -2.20. The Hall–Kier alpha value is -1.96. The maximum absolute atomic E-state index is 10.2. The van der Waals surface area contributed by atoms with Gasteiger partial charge >= 0.3 is 0 Å². The summed E-state index contributed by atoms with van der Waals surface area (Å²) in [6, 6.07) is 12.2. The average Bonchev–Trinajstić information content (AvgIpc) is 2.65. The minimum absolute atomic E-state index is 0.307. The predicted octanol–water partition coefficient (Wildman–Crippen LogP) is 6.72. The van der Waals surface area contributed by atoms with E-state index in [2.05, 4.69) is 45.0 Å². The van der Waals surface area contributed by atoms with E-state index >= 15 is 0 Å². The summed E-state index contributed by atoms with van der Waals surface area (Å²) in [5, 5.41) is 20.4. The summed E-state index contributed by atoms with van der Waals surface area (Å²) in [4.78, 5) is 0. The minimum atomic E-state index is 0.307. The number of rotatable bonds is 10. The van der Waals surface area contributed by atoms with Crippen molar-refractivity contribution >= 4 is 0 Å². The fourth-order valence-corrected chi connectivity index (χ4v) is 3.59. The molecule has 2 heteroatoms. The third-order valence-electron chi connectivity index (χ3n) is 5.19. The van der Waals surface area contributed by atoms with E-state index in [4.69, 9.17) is 0 Å². The van der Waals surface area contributed by atoms with Gasteiger partial charge in [-0.3, -0.25) is 0 Å². The van der Waals surface area contributed by atoms with Crippen LogP contribution in [0.2, 0.25) is 0 Å². The van der Waals surface area contributed by atoms with Crippen molar-refractivity contribution in [2.45, 2.75) is 78.1 Å². The molecule has 0 aliphatic rings. The molecule has 0 fully saturated rings. The number of hydrogen-bond acceptors (Lipinski definition) is 2. The van der Waals surface area contributed by atoms with Crippen LogP contribution in [0.1, 0.15) is 87.5 Å². The highest BCUT2D eigenvalue weighted by Crippen LogP contribution is 2.34. The van der Waals surface area contributed by atoms with Crippen LogP contribution in [-0.2, 0) is 12.8 Å². The number of aryl methyl sites for hydroxylation is 2. The Morgan fingerprint density at radius 1 is 0.692 bits per heavy atom. The normalized spacial score (nSPS) is 11.2. The molecule has 2 aromatic carbocycles. The van der Waals surface area contributed by atoms with Gasteiger partial charge in [0, 0.05) is 5.92 Å². The first-order valence-corrected chi connectivity index (χ1v) is 10.2. The predicted molar refractivity (Wildman–Crippen MR) is 110 cm³/mol. The highest BCUT2D eigenvalue weighted by Gasteiger charge is 2.17. The van der Waals surface area contributed by atoms with E-state index in [-0.39, 0.29) is 0 Å². The number of benzene rings is 2. The second-order valence-electron chi connectivity index (χ2n) is 7.32. The Bertz CT molecular complexity index is 633. The molecule has 2 rings (SSSR count). The van der Waals surface area contributed by atoms with Gasteiger partial charge in [0.2, 0.25) is 0 Å². The molecule has 0 aromatic heterocycles. The fraction of sp³-hybridized carbons (Fsp3) is 0.500. The van der Waals surface area contributed by atoms with E-state index in [9.17, 15) is 10.2 Å². The van der Waals surface area contributed by atoms with Crippen molar-refractivity contribution in [1.82, 2.24) is 0 Å². The van der Waals surface area contributed by atoms with Crippen LogP contribution in [0, 0.1) is 0 Å². The maximum atomic E-state index is 10.2. The Labute approximate surface area is 158 Å². The Morgan fingerprint density at radius 2 is 1.15 bits per heavy atom. The molecule has 0 unspecified atom stereocenters. The topological polar surface area (TPSA) is 40.5 Å². The van der Waals surface area contributed by atoms with Gasteiger partial charge in [0.25, 0.3) is 0 Å². The summed E-state index contributed by atoms with van der Waals surface area (Å²) >= 11 is 0. The SMILES string of the molecule is CCCCc1cc(C(CCC)c2ccc(O)c(CCCC)c2)ccc1O.